The second-order valence-electron chi connectivity index (χ2n) is 4.96. The predicted molar refractivity (Wildman–Crippen MR) is 87.1 cm³/mol. The van der Waals surface area contributed by atoms with Crippen molar-refractivity contribution in [3.8, 4) is 11.5 Å². The maximum Gasteiger partial charge on any atom is 0.269 e. The molecule has 0 aliphatic rings. The number of halogens is 1. The summed E-state index contributed by atoms with van der Waals surface area (Å²) in [6, 6.07) is 12.1. The van der Waals surface area contributed by atoms with Crippen LogP contribution in [0.3, 0.4) is 0 Å². The maximum atomic E-state index is 12.9. The van der Waals surface area contributed by atoms with Gasteiger partial charge in [-0.15, -0.1) is 22.0 Å². The third-order valence-electron chi connectivity index (χ3n) is 3.24. The van der Waals surface area contributed by atoms with Crippen molar-refractivity contribution in [1.29, 1.82) is 0 Å². The summed E-state index contributed by atoms with van der Waals surface area (Å²) in [6.07, 6.45) is 0. The van der Waals surface area contributed by atoms with Gasteiger partial charge in [0.1, 0.15) is 5.82 Å². The first-order valence-electron chi connectivity index (χ1n) is 7.03. The van der Waals surface area contributed by atoms with Gasteiger partial charge in [0.15, 0.2) is 0 Å². The molecule has 0 fully saturated rings. The average Bonchev–Trinajstić information content (AvgIpc) is 3.07. The average molecular weight is 345 g/mol. The molecule has 1 atom stereocenters. The van der Waals surface area contributed by atoms with Crippen molar-refractivity contribution in [1.82, 2.24) is 10.2 Å². The molecule has 0 amide bonds. The summed E-state index contributed by atoms with van der Waals surface area (Å²) in [5, 5.41) is 18.5. The van der Waals surface area contributed by atoms with E-state index < -0.39 is 4.92 Å². The fourth-order valence-corrected chi connectivity index (χ4v) is 2.91. The standard InChI is InChI=1S/C16H12FN3O3S/c1-10(24-14-8-4-12(17)5-9-14)15-18-19-16(23-15)11-2-6-13(7-3-11)20(21)22/h2-10H,1H3. The largest absolute Gasteiger partial charge is 0.419 e. The van der Waals surface area contributed by atoms with E-state index in [0.717, 1.165) is 4.90 Å². The van der Waals surface area contributed by atoms with E-state index in [9.17, 15) is 14.5 Å². The number of nitro groups is 1. The van der Waals surface area contributed by atoms with E-state index in [1.165, 1.54) is 36.0 Å². The molecule has 3 aromatic rings. The molecule has 122 valence electrons. The normalized spacial score (nSPS) is 12.1. The number of thioether (sulfide) groups is 1. The number of nitrogens with zero attached hydrogens (tertiary/aromatic N) is 3. The van der Waals surface area contributed by atoms with Crippen LogP contribution in [0.1, 0.15) is 18.1 Å². The minimum absolute atomic E-state index is 0.00118. The zero-order chi connectivity index (χ0) is 17.1. The van der Waals surface area contributed by atoms with Gasteiger partial charge >= 0.3 is 0 Å². The van der Waals surface area contributed by atoms with E-state index in [0.29, 0.717) is 17.3 Å². The zero-order valence-corrected chi connectivity index (χ0v) is 13.4. The van der Waals surface area contributed by atoms with E-state index in [-0.39, 0.29) is 16.8 Å². The monoisotopic (exact) mass is 345 g/mol. The second kappa shape index (κ2) is 6.79. The van der Waals surface area contributed by atoms with Gasteiger partial charge in [-0.1, -0.05) is 0 Å². The molecule has 0 aliphatic heterocycles. The van der Waals surface area contributed by atoms with Crippen molar-refractivity contribution in [2.24, 2.45) is 0 Å². The van der Waals surface area contributed by atoms with Crippen molar-refractivity contribution in [3.05, 3.63) is 70.4 Å². The third-order valence-corrected chi connectivity index (χ3v) is 4.34. The van der Waals surface area contributed by atoms with Crippen LogP contribution in [0, 0.1) is 15.9 Å². The highest BCUT2D eigenvalue weighted by Crippen LogP contribution is 2.35. The van der Waals surface area contributed by atoms with Crippen LogP contribution in [0.25, 0.3) is 11.5 Å². The molecular weight excluding hydrogens is 333 g/mol. The predicted octanol–water partition coefficient (Wildman–Crippen LogP) is 4.64. The molecule has 1 unspecified atom stereocenters. The van der Waals surface area contributed by atoms with Gasteiger partial charge in [-0.3, -0.25) is 10.1 Å². The van der Waals surface area contributed by atoms with Gasteiger partial charge in [-0.2, -0.15) is 0 Å². The summed E-state index contributed by atoms with van der Waals surface area (Å²) in [5.41, 5.74) is 0.608. The molecule has 0 aliphatic carbocycles. The Bertz CT molecular complexity index is 850. The Morgan fingerprint density at radius 3 is 2.42 bits per heavy atom. The van der Waals surface area contributed by atoms with Gasteiger partial charge in [0.25, 0.3) is 5.69 Å². The zero-order valence-electron chi connectivity index (χ0n) is 12.5. The van der Waals surface area contributed by atoms with Gasteiger partial charge in [0, 0.05) is 22.6 Å². The molecule has 0 N–H and O–H groups in total. The van der Waals surface area contributed by atoms with Crippen LogP contribution in [0.5, 0.6) is 0 Å². The molecule has 1 heterocycles. The van der Waals surface area contributed by atoms with Gasteiger partial charge in [-0.05, 0) is 43.3 Å². The maximum absolute atomic E-state index is 12.9. The van der Waals surface area contributed by atoms with Crippen LogP contribution in [-0.4, -0.2) is 15.1 Å². The first kappa shape index (κ1) is 16.1. The molecule has 8 heteroatoms. The van der Waals surface area contributed by atoms with Gasteiger partial charge < -0.3 is 4.42 Å². The first-order valence-corrected chi connectivity index (χ1v) is 7.91. The van der Waals surface area contributed by atoms with Crippen molar-refractivity contribution in [2.75, 3.05) is 0 Å². The van der Waals surface area contributed by atoms with E-state index in [1.54, 1.807) is 24.3 Å². The van der Waals surface area contributed by atoms with E-state index in [2.05, 4.69) is 10.2 Å². The highest BCUT2D eigenvalue weighted by molar-refractivity contribution is 7.99. The molecule has 24 heavy (non-hydrogen) atoms. The minimum atomic E-state index is -0.468. The van der Waals surface area contributed by atoms with Crippen LogP contribution in [-0.2, 0) is 0 Å². The van der Waals surface area contributed by atoms with Crippen LogP contribution < -0.4 is 0 Å². The lowest BCUT2D eigenvalue weighted by atomic mass is 10.2. The van der Waals surface area contributed by atoms with Crippen molar-refractivity contribution in [2.45, 2.75) is 17.1 Å². The molecule has 0 bridgehead atoms. The summed E-state index contributed by atoms with van der Waals surface area (Å²) in [4.78, 5) is 11.1. The molecule has 3 rings (SSSR count). The number of nitro benzene ring substituents is 1. The Morgan fingerprint density at radius 1 is 1.12 bits per heavy atom. The number of rotatable bonds is 5. The lowest BCUT2D eigenvalue weighted by Gasteiger charge is -2.06. The lowest BCUT2D eigenvalue weighted by molar-refractivity contribution is -0.384. The van der Waals surface area contributed by atoms with E-state index >= 15 is 0 Å². The Balaban J connectivity index is 1.74. The van der Waals surface area contributed by atoms with E-state index in [4.69, 9.17) is 4.42 Å². The minimum Gasteiger partial charge on any atom is -0.419 e. The van der Waals surface area contributed by atoms with Gasteiger partial charge in [0.2, 0.25) is 11.8 Å². The molecule has 0 saturated carbocycles. The second-order valence-corrected chi connectivity index (χ2v) is 6.38. The molecule has 0 saturated heterocycles. The van der Waals surface area contributed by atoms with Crippen LogP contribution in [0.4, 0.5) is 10.1 Å². The number of hydrogen-bond acceptors (Lipinski definition) is 6. The summed E-state index contributed by atoms with van der Waals surface area (Å²) < 4.78 is 18.6. The highest BCUT2D eigenvalue weighted by Gasteiger charge is 2.17. The summed E-state index contributed by atoms with van der Waals surface area (Å²) in [7, 11) is 0. The van der Waals surface area contributed by atoms with E-state index in [1.807, 2.05) is 6.92 Å². The Hall–Kier alpha value is -2.74. The first-order chi connectivity index (χ1) is 11.5. The smallest absolute Gasteiger partial charge is 0.269 e. The Labute approximate surface area is 140 Å². The third kappa shape index (κ3) is 3.60. The molecule has 6 nitrogen and oxygen atoms in total. The summed E-state index contributed by atoms with van der Waals surface area (Å²) in [5.74, 6) is 0.439. The number of aromatic nitrogens is 2. The fraction of sp³-hybridized carbons (Fsp3) is 0.125. The number of non-ortho nitro benzene ring substituents is 1. The molecule has 2 aromatic carbocycles. The Kier molecular flexibility index (Phi) is 4.57. The van der Waals surface area contributed by atoms with Crippen molar-refractivity contribution in [3.63, 3.8) is 0 Å². The van der Waals surface area contributed by atoms with Gasteiger partial charge in [0.05, 0.1) is 10.2 Å². The number of benzene rings is 2. The fourth-order valence-electron chi connectivity index (χ4n) is 2.01. The van der Waals surface area contributed by atoms with Crippen LogP contribution >= 0.6 is 11.8 Å². The molecule has 0 spiro atoms. The molecular formula is C16H12FN3O3S. The van der Waals surface area contributed by atoms with Crippen LogP contribution in [0.15, 0.2) is 57.8 Å². The lowest BCUT2D eigenvalue weighted by Crippen LogP contribution is -1.88. The highest BCUT2D eigenvalue weighted by atomic mass is 32.2. The van der Waals surface area contributed by atoms with Crippen molar-refractivity contribution < 1.29 is 13.7 Å². The topological polar surface area (TPSA) is 82.1 Å². The molecule has 1 aromatic heterocycles. The SMILES string of the molecule is CC(Sc1ccc(F)cc1)c1nnc(-c2ccc([N+](=O)[O-])cc2)o1. The van der Waals surface area contributed by atoms with Crippen molar-refractivity contribution >= 4 is 17.4 Å². The van der Waals surface area contributed by atoms with Crippen LogP contribution in [0.2, 0.25) is 0 Å². The summed E-state index contributed by atoms with van der Waals surface area (Å²) in [6.45, 7) is 1.90. The molecule has 0 radical (unpaired) electrons. The Morgan fingerprint density at radius 2 is 1.79 bits per heavy atom. The summed E-state index contributed by atoms with van der Waals surface area (Å²) >= 11 is 1.47. The quantitative estimate of drug-likeness (QED) is 0.381. The number of hydrogen-bond donors (Lipinski definition) is 0. The van der Waals surface area contributed by atoms with Gasteiger partial charge in [-0.25, -0.2) is 4.39 Å².